The maximum Gasteiger partial charge on any atom is 0.339 e. The number of hydrogen-bond donors (Lipinski definition) is 1. The molecule has 2 aromatic rings. The molecule has 7 heteroatoms. The van der Waals surface area contributed by atoms with E-state index in [4.69, 9.17) is 16.3 Å². The predicted octanol–water partition coefficient (Wildman–Crippen LogP) is 3.46. The number of halogens is 1. The highest BCUT2D eigenvalue weighted by Crippen LogP contribution is 2.27. The van der Waals surface area contributed by atoms with Crippen LogP contribution < -0.4 is 4.90 Å². The SMILES string of the molecule is COC(=O)c1c(C)[nH]c(C(=O)[C@H](C)N2CCN(c3ccccc3Cl)CC2)c1C. The van der Waals surface area contributed by atoms with Crippen LogP contribution in [-0.2, 0) is 4.74 Å². The van der Waals surface area contributed by atoms with E-state index in [9.17, 15) is 9.59 Å². The summed E-state index contributed by atoms with van der Waals surface area (Å²) >= 11 is 6.31. The lowest BCUT2D eigenvalue weighted by Gasteiger charge is -2.38. The van der Waals surface area contributed by atoms with Gasteiger partial charge in [0, 0.05) is 31.9 Å². The van der Waals surface area contributed by atoms with Gasteiger partial charge in [0.1, 0.15) is 0 Å². The highest BCUT2D eigenvalue weighted by Gasteiger charge is 2.30. The van der Waals surface area contributed by atoms with Crippen molar-refractivity contribution >= 4 is 29.0 Å². The van der Waals surface area contributed by atoms with Gasteiger partial charge in [0.25, 0.3) is 0 Å². The van der Waals surface area contributed by atoms with E-state index < -0.39 is 5.97 Å². The quantitative estimate of drug-likeness (QED) is 0.611. The molecule has 6 nitrogen and oxygen atoms in total. The molecule has 0 aliphatic carbocycles. The third-order valence-corrected chi connectivity index (χ3v) is 5.83. The molecule has 1 aliphatic heterocycles. The zero-order chi connectivity index (χ0) is 20.4. The zero-order valence-corrected chi connectivity index (χ0v) is 17.5. The lowest BCUT2D eigenvalue weighted by Crippen LogP contribution is -2.52. The summed E-state index contributed by atoms with van der Waals surface area (Å²) in [6.07, 6.45) is 0. The summed E-state index contributed by atoms with van der Waals surface area (Å²) in [6.45, 7) is 8.62. The number of H-pyrrole nitrogens is 1. The molecule has 1 saturated heterocycles. The molecular weight excluding hydrogens is 378 g/mol. The smallest absolute Gasteiger partial charge is 0.339 e. The Morgan fingerprint density at radius 1 is 1.14 bits per heavy atom. The van der Waals surface area contributed by atoms with Gasteiger partial charge in [-0.15, -0.1) is 0 Å². The topological polar surface area (TPSA) is 65.6 Å². The standard InChI is InChI=1S/C21H26ClN3O3/c1-13-18(21(27)28-4)14(2)23-19(13)20(26)15(3)24-9-11-25(12-10-24)17-8-6-5-7-16(17)22/h5-8,15,23H,9-12H2,1-4H3/t15-/m0/s1. The number of para-hydroxylation sites is 1. The molecule has 0 amide bonds. The van der Waals surface area contributed by atoms with E-state index >= 15 is 0 Å². The number of esters is 1. The third-order valence-electron chi connectivity index (χ3n) is 5.51. The van der Waals surface area contributed by atoms with E-state index in [0.29, 0.717) is 22.5 Å². The van der Waals surface area contributed by atoms with Gasteiger partial charge in [-0.05, 0) is 38.5 Å². The first-order valence-electron chi connectivity index (χ1n) is 9.40. The molecular formula is C21H26ClN3O3. The van der Waals surface area contributed by atoms with Crippen LogP contribution in [0, 0.1) is 13.8 Å². The molecule has 0 spiro atoms. The zero-order valence-electron chi connectivity index (χ0n) is 16.7. The van der Waals surface area contributed by atoms with Crippen LogP contribution in [0.1, 0.15) is 39.0 Å². The number of nitrogens with one attached hydrogen (secondary N) is 1. The third kappa shape index (κ3) is 3.80. The molecule has 1 fully saturated rings. The van der Waals surface area contributed by atoms with Gasteiger partial charge in [-0.25, -0.2) is 4.79 Å². The molecule has 0 unspecified atom stereocenters. The average molecular weight is 404 g/mol. The first-order chi connectivity index (χ1) is 13.3. The number of piperazine rings is 1. The number of benzene rings is 1. The lowest BCUT2D eigenvalue weighted by atomic mass is 10.0. The predicted molar refractivity (Wildman–Crippen MR) is 111 cm³/mol. The van der Waals surface area contributed by atoms with Crippen molar-refractivity contribution in [3.05, 3.63) is 51.8 Å². The molecule has 0 bridgehead atoms. The van der Waals surface area contributed by atoms with Crippen LogP contribution in [0.25, 0.3) is 0 Å². The van der Waals surface area contributed by atoms with E-state index in [1.165, 1.54) is 7.11 Å². The van der Waals surface area contributed by atoms with Crippen LogP contribution in [0.2, 0.25) is 5.02 Å². The Morgan fingerprint density at radius 3 is 2.39 bits per heavy atom. The molecule has 1 atom stereocenters. The number of carbonyl (C=O) groups excluding carboxylic acids is 2. The Balaban J connectivity index is 1.70. The van der Waals surface area contributed by atoms with Crippen molar-refractivity contribution in [2.75, 3.05) is 38.2 Å². The summed E-state index contributed by atoms with van der Waals surface area (Å²) in [5, 5.41) is 0.743. The van der Waals surface area contributed by atoms with Gasteiger partial charge in [-0.2, -0.15) is 0 Å². The number of aromatic amines is 1. The van der Waals surface area contributed by atoms with Gasteiger partial charge >= 0.3 is 5.97 Å². The lowest BCUT2D eigenvalue weighted by molar-refractivity contribution is 0.0599. The van der Waals surface area contributed by atoms with Crippen molar-refractivity contribution < 1.29 is 14.3 Å². The van der Waals surface area contributed by atoms with Crippen LogP contribution in [0.15, 0.2) is 24.3 Å². The Hall–Kier alpha value is -2.31. The summed E-state index contributed by atoms with van der Waals surface area (Å²) < 4.78 is 4.83. The summed E-state index contributed by atoms with van der Waals surface area (Å²) in [5.41, 5.74) is 3.27. The summed E-state index contributed by atoms with van der Waals surface area (Å²) in [6, 6.07) is 7.54. The van der Waals surface area contributed by atoms with Gasteiger partial charge in [0.2, 0.25) is 0 Å². The van der Waals surface area contributed by atoms with Crippen LogP contribution in [0.4, 0.5) is 5.69 Å². The van der Waals surface area contributed by atoms with Crippen LogP contribution in [0.3, 0.4) is 0 Å². The van der Waals surface area contributed by atoms with Gasteiger partial charge in [-0.3, -0.25) is 9.69 Å². The number of aromatic nitrogens is 1. The number of rotatable bonds is 5. The summed E-state index contributed by atoms with van der Waals surface area (Å²) in [7, 11) is 1.34. The minimum Gasteiger partial charge on any atom is -0.465 e. The van der Waals surface area contributed by atoms with Crippen molar-refractivity contribution in [2.45, 2.75) is 26.8 Å². The van der Waals surface area contributed by atoms with E-state index in [0.717, 1.165) is 36.9 Å². The van der Waals surface area contributed by atoms with Gasteiger partial charge in [0.05, 0.1) is 35.1 Å². The van der Waals surface area contributed by atoms with E-state index in [1.807, 2.05) is 31.2 Å². The van der Waals surface area contributed by atoms with E-state index in [1.54, 1.807) is 13.8 Å². The largest absolute Gasteiger partial charge is 0.465 e. The Morgan fingerprint density at radius 2 is 1.79 bits per heavy atom. The van der Waals surface area contributed by atoms with Crippen molar-refractivity contribution in [3.8, 4) is 0 Å². The van der Waals surface area contributed by atoms with Crippen molar-refractivity contribution in [1.82, 2.24) is 9.88 Å². The Kier molecular flexibility index (Phi) is 6.10. The first kappa shape index (κ1) is 20.4. The maximum atomic E-state index is 13.1. The van der Waals surface area contributed by atoms with E-state index in [2.05, 4.69) is 14.8 Å². The molecule has 150 valence electrons. The van der Waals surface area contributed by atoms with Gasteiger partial charge < -0.3 is 14.6 Å². The fraction of sp³-hybridized carbons (Fsp3) is 0.429. The summed E-state index contributed by atoms with van der Waals surface area (Å²) in [4.78, 5) is 32.6. The van der Waals surface area contributed by atoms with E-state index in [-0.39, 0.29) is 11.8 Å². The Labute approximate surface area is 170 Å². The number of methoxy groups -OCH3 is 1. The number of ether oxygens (including phenoxy) is 1. The average Bonchev–Trinajstić information content (AvgIpc) is 3.01. The maximum absolute atomic E-state index is 13.1. The van der Waals surface area contributed by atoms with Crippen LogP contribution >= 0.6 is 11.6 Å². The van der Waals surface area contributed by atoms with Gasteiger partial charge in [0.15, 0.2) is 5.78 Å². The normalized spacial score (nSPS) is 16.1. The molecule has 3 rings (SSSR count). The molecule has 1 aromatic carbocycles. The molecule has 28 heavy (non-hydrogen) atoms. The molecule has 0 saturated carbocycles. The van der Waals surface area contributed by atoms with Crippen molar-refractivity contribution in [1.29, 1.82) is 0 Å². The fourth-order valence-electron chi connectivity index (χ4n) is 3.84. The fourth-order valence-corrected chi connectivity index (χ4v) is 4.09. The van der Waals surface area contributed by atoms with Crippen molar-refractivity contribution in [2.24, 2.45) is 0 Å². The molecule has 1 aromatic heterocycles. The second kappa shape index (κ2) is 8.37. The molecule has 2 heterocycles. The minimum absolute atomic E-state index is 0.0121. The van der Waals surface area contributed by atoms with Crippen molar-refractivity contribution in [3.63, 3.8) is 0 Å². The number of carbonyl (C=O) groups is 2. The number of ketones is 1. The summed E-state index contributed by atoms with van der Waals surface area (Å²) in [5.74, 6) is -0.437. The highest BCUT2D eigenvalue weighted by molar-refractivity contribution is 6.33. The number of nitrogens with zero attached hydrogens (tertiary/aromatic N) is 2. The second-order valence-electron chi connectivity index (χ2n) is 7.13. The Bertz CT molecular complexity index is 885. The number of Topliss-reactive ketones (excluding diaryl/α,β-unsaturated/α-hetero) is 1. The molecule has 0 radical (unpaired) electrons. The number of anilines is 1. The monoisotopic (exact) mass is 403 g/mol. The second-order valence-corrected chi connectivity index (χ2v) is 7.54. The highest BCUT2D eigenvalue weighted by atomic mass is 35.5. The first-order valence-corrected chi connectivity index (χ1v) is 9.78. The van der Waals surface area contributed by atoms with Crippen LogP contribution in [-0.4, -0.2) is 61.0 Å². The minimum atomic E-state index is -0.425. The van der Waals surface area contributed by atoms with Gasteiger partial charge in [-0.1, -0.05) is 23.7 Å². The van der Waals surface area contributed by atoms with Crippen LogP contribution in [0.5, 0.6) is 0 Å². The number of aryl methyl sites for hydroxylation is 1. The molecule has 1 N–H and O–H groups in total. The number of hydrogen-bond acceptors (Lipinski definition) is 5. The molecule has 1 aliphatic rings.